The van der Waals surface area contributed by atoms with E-state index in [9.17, 15) is 23.2 Å². The van der Waals surface area contributed by atoms with Crippen LogP contribution in [0.15, 0.2) is 79.0 Å². The minimum absolute atomic E-state index is 0.0663. The molecule has 2 amide bonds. The summed E-state index contributed by atoms with van der Waals surface area (Å²) in [6.07, 6.45) is 1.82. The molecule has 9 heteroatoms. The standard InChI is InChI=1S/C27H23F2N3O4/c28-20-11-9-17(10-12-20)26(34)32-24(13-19-15-30-23-8-4-2-6-21(19)23)27(35)36-16-25(33)31-14-18-5-1-3-7-22(18)29/h1-12,15,24,30H,13-14,16H2,(H,31,33)(H,32,34)/t24-/m0/s1. The van der Waals surface area contributed by atoms with Crippen molar-refractivity contribution in [1.29, 1.82) is 0 Å². The normalized spacial score (nSPS) is 11.6. The molecular weight excluding hydrogens is 468 g/mol. The van der Waals surface area contributed by atoms with Gasteiger partial charge in [0.2, 0.25) is 0 Å². The molecule has 1 atom stereocenters. The van der Waals surface area contributed by atoms with E-state index in [0.717, 1.165) is 28.6 Å². The Morgan fingerprint density at radius 3 is 2.39 bits per heavy atom. The summed E-state index contributed by atoms with van der Waals surface area (Å²) in [6.45, 7) is -0.673. The van der Waals surface area contributed by atoms with E-state index in [1.807, 2.05) is 24.3 Å². The van der Waals surface area contributed by atoms with E-state index >= 15 is 0 Å². The van der Waals surface area contributed by atoms with Crippen LogP contribution in [0.4, 0.5) is 8.78 Å². The number of esters is 1. The number of amides is 2. The Hall–Kier alpha value is -4.53. The fourth-order valence-electron chi connectivity index (χ4n) is 3.68. The van der Waals surface area contributed by atoms with Crippen LogP contribution in [0.2, 0.25) is 0 Å². The number of rotatable bonds is 9. The number of ether oxygens (including phenoxy) is 1. The van der Waals surface area contributed by atoms with Gasteiger partial charge >= 0.3 is 5.97 Å². The maximum absolute atomic E-state index is 13.7. The van der Waals surface area contributed by atoms with E-state index < -0.39 is 42.1 Å². The molecule has 7 nitrogen and oxygen atoms in total. The number of para-hydroxylation sites is 1. The smallest absolute Gasteiger partial charge is 0.329 e. The lowest BCUT2D eigenvalue weighted by atomic mass is 10.0. The van der Waals surface area contributed by atoms with Crippen LogP contribution in [-0.2, 0) is 27.3 Å². The van der Waals surface area contributed by atoms with Crippen molar-refractivity contribution in [3.63, 3.8) is 0 Å². The van der Waals surface area contributed by atoms with Gasteiger partial charge in [-0.15, -0.1) is 0 Å². The largest absolute Gasteiger partial charge is 0.454 e. The van der Waals surface area contributed by atoms with E-state index in [1.165, 1.54) is 30.3 Å². The van der Waals surface area contributed by atoms with Crippen LogP contribution in [0.5, 0.6) is 0 Å². The number of benzene rings is 3. The quantitative estimate of drug-likeness (QED) is 0.311. The Morgan fingerprint density at radius 1 is 0.889 bits per heavy atom. The number of halogens is 2. The van der Waals surface area contributed by atoms with Crippen molar-refractivity contribution in [2.24, 2.45) is 0 Å². The van der Waals surface area contributed by atoms with Gasteiger partial charge < -0.3 is 20.4 Å². The minimum atomic E-state index is -1.12. The van der Waals surface area contributed by atoms with Gasteiger partial charge in [0, 0.05) is 41.2 Å². The predicted molar refractivity (Wildman–Crippen MR) is 129 cm³/mol. The first-order valence-electron chi connectivity index (χ1n) is 11.2. The summed E-state index contributed by atoms with van der Waals surface area (Å²) < 4.78 is 32.1. The second kappa shape index (κ2) is 11.3. The first-order chi connectivity index (χ1) is 17.4. The van der Waals surface area contributed by atoms with Gasteiger partial charge in [-0.05, 0) is 42.0 Å². The number of H-pyrrole nitrogens is 1. The number of hydrogen-bond acceptors (Lipinski definition) is 4. The van der Waals surface area contributed by atoms with Gasteiger partial charge in [-0.25, -0.2) is 13.6 Å². The van der Waals surface area contributed by atoms with Crippen molar-refractivity contribution in [2.45, 2.75) is 19.0 Å². The summed E-state index contributed by atoms with van der Waals surface area (Å²) in [5, 5.41) is 5.97. The molecule has 0 saturated heterocycles. The summed E-state index contributed by atoms with van der Waals surface area (Å²) in [4.78, 5) is 40.9. The van der Waals surface area contributed by atoms with Crippen molar-refractivity contribution in [2.75, 3.05) is 6.61 Å². The number of hydrogen-bond donors (Lipinski definition) is 3. The van der Waals surface area contributed by atoms with Crippen LogP contribution in [0.3, 0.4) is 0 Å². The van der Waals surface area contributed by atoms with Gasteiger partial charge in [0.15, 0.2) is 6.61 Å². The predicted octanol–water partition coefficient (Wildman–Crippen LogP) is 3.65. The van der Waals surface area contributed by atoms with E-state index in [1.54, 1.807) is 12.3 Å². The highest BCUT2D eigenvalue weighted by Crippen LogP contribution is 2.19. The third-order valence-corrected chi connectivity index (χ3v) is 5.57. The van der Waals surface area contributed by atoms with Gasteiger partial charge in [0.25, 0.3) is 11.8 Å². The zero-order valence-corrected chi connectivity index (χ0v) is 19.1. The summed E-state index contributed by atoms with van der Waals surface area (Å²) >= 11 is 0. The Labute approximate surface area is 205 Å². The Morgan fingerprint density at radius 2 is 1.61 bits per heavy atom. The molecule has 0 aliphatic carbocycles. The first-order valence-corrected chi connectivity index (χ1v) is 11.2. The lowest BCUT2D eigenvalue weighted by Crippen LogP contribution is -2.44. The third kappa shape index (κ3) is 6.12. The molecule has 4 rings (SSSR count). The van der Waals surface area contributed by atoms with Gasteiger partial charge in [-0.3, -0.25) is 9.59 Å². The second-order valence-electron chi connectivity index (χ2n) is 8.07. The molecule has 1 heterocycles. The van der Waals surface area contributed by atoms with Gasteiger partial charge in [-0.2, -0.15) is 0 Å². The van der Waals surface area contributed by atoms with Crippen molar-refractivity contribution in [3.05, 3.63) is 107 Å². The summed E-state index contributed by atoms with van der Waals surface area (Å²) in [6, 6.07) is 17.2. The minimum Gasteiger partial charge on any atom is -0.454 e. The second-order valence-corrected chi connectivity index (χ2v) is 8.07. The van der Waals surface area contributed by atoms with Crippen molar-refractivity contribution >= 4 is 28.7 Å². The molecule has 0 unspecified atom stereocenters. The van der Waals surface area contributed by atoms with Crippen LogP contribution in [-0.4, -0.2) is 35.4 Å². The van der Waals surface area contributed by atoms with Crippen molar-refractivity contribution < 1.29 is 27.9 Å². The molecule has 36 heavy (non-hydrogen) atoms. The lowest BCUT2D eigenvalue weighted by molar-refractivity contribution is -0.150. The zero-order valence-electron chi connectivity index (χ0n) is 19.1. The Bertz CT molecular complexity index is 1390. The van der Waals surface area contributed by atoms with Gasteiger partial charge in [0.05, 0.1) is 0 Å². The molecule has 3 aromatic carbocycles. The Kier molecular flexibility index (Phi) is 7.69. The van der Waals surface area contributed by atoms with E-state index in [0.29, 0.717) is 5.56 Å². The summed E-state index contributed by atoms with van der Waals surface area (Å²) in [7, 11) is 0. The number of aromatic nitrogens is 1. The number of aromatic amines is 1. The molecular formula is C27H23F2N3O4. The first kappa shape index (κ1) is 24.6. The monoisotopic (exact) mass is 491 g/mol. The van der Waals surface area contributed by atoms with Crippen LogP contribution in [0.1, 0.15) is 21.5 Å². The molecule has 1 aromatic heterocycles. The molecule has 184 valence electrons. The van der Waals surface area contributed by atoms with E-state index in [2.05, 4.69) is 15.6 Å². The molecule has 4 aromatic rings. The average Bonchev–Trinajstić information content (AvgIpc) is 3.29. The van der Waals surface area contributed by atoms with E-state index in [4.69, 9.17) is 4.74 Å². The lowest BCUT2D eigenvalue weighted by Gasteiger charge is -2.18. The van der Waals surface area contributed by atoms with Crippen LogP contribution in [0.25, 0.3) is 10.9 Å². The molecule has 0 aliphatic heterocycles. The summed E-state index contributed by atoms with van der Waals surface area (Å²) in [5.41, 5.74) is 2.07. The fraction of sp³-hybridized carbons (Fsp3) is 0.148. The number of fused-ring (bicyclic) bond motifs is 1. The van der Waals surface area contributed by atoms with Crippen molar-refractivity contribution in [3.8, 4) is 0 Å². The van der Waals surface area contributed by atoms with Crippen LogP contribution in [0, 0.1) is 11.6 Å². The number of carbonyl (C=O) groups excluding carboxylic acids is 3. The maximum atomic E-state index is 13.7. The number of nitrogens with one attached hydrogen (secondary N) is 3. The zero-order chi connectivity index (χ0) is 25.5. The molecule has 3 N–H and O–H groups in total. The highest BCUT2D eigenvalue weighted by atomic mass is 19.1. The maximum Gasteiger partial charge on any atom is 0.329 e. The number of carbonyl (C=O) groups is 3. The molecule has 0 bridgehead atoms. The van der Waals surface area contributed by atoms with E-state index in [-0.39, 0.29) is 18.5 Å². The fourth-order valence-corrected chi connectivity index (χ4v) is 3.68. The molecule has 0 radical (unpaired) electrons. The SMILES string of the molecule is O=C(COC(=O)[C@H](Cc1c[nH]c2ccccc12)NC(=O)c1ccc(F)cc1)NCc1ccccc1F. The highest BCUT2D eigenvalue weighted by molar-refractivity contribution is 5.97. The Balaban J connectivity index is 1.43. The topological polar surface area (TPSA) is 100 Å². The van der Waals surface area contributed by atoms with Crippen LogP contribution >= 0.6 is 0 Å². The molecule has 0 spiro atoms. The molecule has 0 fully saturated rings. The molecule has 0 aliphatic rings. The molecule has 0 saturated carbocycles. The van der Waals surface area contributed by atoms with Crippen molar-refractivity contribution in [1.82, 2.24) is 15.6 Å². The van der Waals surface area contributed by atoms with Gasteiger partial charge in [0.1, 0.15) is 17.7 Å². The average molecular weight is 491 g/mol. The summed E-state index contributed by atoms with van der Waals surface area (Å²) in [5.74, 6) is -3.00. The van der Waals surface area contributed by atoms with Crippen LogP contribution < -0.4 is 10.6 Å². The third-order valence-electron chi connectivity index (χ3n) is 5.57. The highest BCUT2D eigenvalue weighted by Gasteiger charge is 2.25. The van der Waals surface area contributed by atoms with Gasteiger partial charge in [-0.1, -0.05) is 36.4 Å².